The summed E-state index contributed by atoms with van der Waals surface area (Å²) in [6.45, 7) is 4.52. The van der Waals surface area contributed by atoms with Crippen molar-refractivity contribution >= 4 is 11.6 Å². The first-order valence-corrected chi connectivity index (χ1v) is 9.87. The van der Waals surface area contributed by atoms with E-state index in [0.717, 1.165) is 5.56 Å². The normalized spacial score (nSPS) is 14.2. The molecule has 0 atom stereocenters. The lowest BCUT2D eigenvalue weighted by Gasteiger charge is -2.36. The quantitative estimate of drug-likeness (QED) is 0.640. The monoisotopic (exact) mass is 412 g/mol. The molecule has 0 aliphatic carbocycles. The average molecular weight is 412 g/mol. The van der Waals surface area contributed by atoms with Gasteiger partial charge in [-0.3, -0.25) is 4.79 Å². The fraction of sp³-hybridized carbons (Fsp3) is 0.333. The van der Waals surface area contributed by atoms with E-state index in [1.165, 1.54) is 29.2 Å². The second kappa shape index (κ2) is 8.56. The molecule has 3 heterocycles. The SMILES string of the molecule is CCc1ncnc(N2CCN(c3ccc(=O)n(Cc4ccc(F)cc4)n3)CC2)c1F. The van der Waals surface area contributed by atoms with E-state index < -0.39 is 0 Å². The van der Waals surface area contributed by atoms with Crippen molar-refractivity contribution in [2.24, 2.45) is 0 Å². The standard InChI is InChI=1S/C21H22F2N6O/c1-2-17-20(23)21(25-14-24-17)28-11-9-27(10-12-28)18-7-8-19(30)29(26-18)13-15-3-5-16(22)6-4-15/h3-8,14H,2,9-13H2,1H3. The summed E-state index contributed by atoms with van der Waals surface area (Å²) in [5.74, 6) is 0.320. The van der Waals surface area contributed by atoms with Crippen LogP contribution >= 0.6 is 0 Å². The Kier molecular flexibility index (Phi) is 5.69. The molecule has 0 unspecified atom stereocenters. The van der Waals surface area contributed by atoms with Gasteiger partial charge in [-0.1, -0.05) is 19.1 Å². The van der Waals surface area contributed by atoms with Crippen molar-refractivity contribution in [1.82, 2.24) is 19.7 Å². The van der Waals surface area contributed by atoms with Crippen LogP contribution in [0.5, 0.6) is 0 Å². The van der Waals surface area contributed by atoms with Gasteiger partial charge < -0.3 is 9.80 Å². The van der Waals surface area contributed by atoms with Crippen LogP contribution in [0.3, 0.4) is 0 Å². The van der Waals surface area contributed by atoms with Gasteiger partial charge in [0, 0.05) is 32.2 Å². The Hall–Kier alpha value is -3.36. The molecular formula is C21H22F2N6O. The van der Waals surface area contributed by atoms with Crippen LogP contribution in [0.1, 0.15) is 18.2 Å². The minimum Gasteiger partial charge on any atom is -0.352 e. The molecule has 9 heteroatoms. The van der Waals surface area contributed by atoms with E-state index in [9.17, 15) is 13.6 Å². The van der Waals surface area contributed by atoms with E-state index in [4.69, 9.17) is 0 Å². The van der Waals surface area contributed by atoms with Crippen LogP contribution < -0.4 is 15.4 Å². The third-order valence-corrected chi connectivity index (χ3v) is 5.18. The Labute approximate surface area is 172 Å². The molecule has 1 aliphatic heterocycles. The van der Waals surface area contributed by atoms with Gasteiger partial charge in [0.15, 0.2) is 11.6 Å². The summed E-state index contributed by atoms with van der Waals surface area (Å²) in [6, 6.07) is 9.17. The topological polar surface area (TPSA) is 67.2 Å². The van der Waals surface area contributed by atoms with E-state index in [1.54, 1.807) is 18.2 Å². The highest BCUT2D eigenvalue weighted by Gasteiger charge is 2.23. The number of piperazine rings is 1. The molecule has 3 aromatic rings. The Morgan fingerprint density at radius 2 is 1.63 bits per heavy atom. The molecule has 1 aromatic carbocycles. The number of benzene rings is 1. The van der Waals surface area contributed by atoms with Crippen LogP contribution in [-0.2, 0) is 13.0 Å². The zero-order valence-electron chi connectivity index (χ0n) is 16.6. The van der Waals surface area contributed by atoms with Crippen molar-refractivity contribution < 1.29 is 8.78 Å². The van der Waals surface area contributed by atoms with Crippen LogP contribution in [0.2, 0.25) is 0 Å². The molecule has 1 saturated heterocycles. The smallest absolute Gasteiger partial charge is 0.267 e. The number of aromatic nitrogens is 4. The van der Waals surface area contributed by atoms with Gasteiger partial charge in [0.25, 0.3) is 5.56 Å². The van der Waals surface area contributed by atoms with Crippen molar-refractivity contribution in [3.05, 3.63) is 76.0 Å². The summed E-state index contributed by atoms with van der Waals surface area (Å²) in [7, 11) is 0. The second-order valence-electron chi connectivity index (χ2n) is 7.10. The molecule has 0 N–H and O–H groups in total. The lowest BCUT2D eigenvalue weighted by Crippen LogP contribution is -2.48. The minimum atomic E-state index is -0.362. The molecule has 2 aromatic heterocycles. The lowest BCUT2D eigenvalue weighted by atomic mass is 10.2. The average Bonchev–Trinajstić information content (AvgIpc) is 2.77. The van der Waals surface area contributed by atoms with E-state index in [-0.39, 0.29) is 23.7 Å². The van der Waals surface area contributed by atoms with Crippen molar-refractivity contribution in [1.29, 1.82) is 0 Å². The molecule has 1 aliphatic rings. The molecule has 0 saturated carbocycles. The van der Waals surface area contributed by atoms with Crippen LogP contribution in [0.25, 0.3) is 0 Å². The number of aryl methyl sites for hydroxylation is 1. The molecule has 7 nitrogen and oxygen atoms in total. The van der Waals surface area contributed by atoms with Crippen molar-refractivity contribution in [2.45, 2.75) is 19.9 Å². The van der Waals surface area contributed by atoms with E-state index >= 15 is 0 Å². The summed E-state index contributed by atoms with van der Waals surface area (Å²) < 4.78 is 29.0. The molecule has 0 spiro atoms. The van der Waals surface area contributed by atoms with Crippen molar-refractivity contribution in [2.75, 3.05) is 36.0 Å². The summed E-state index contributed by atoms with van der Waals surface area (Å²) in [5, 5.41) is 4.47. The van der Waals surface area contributed by atoms with Gasteiger partial charge in [0.05, 0.1) is 12.2 Å². The van der Waals surface area contributed by atoms with Gasteiger partial charge in [0.1, 0.15) is 18.0 Å². The van der Waals surface area contributed by atoms with E-state index in [1.807, 2.05) is 11.8 Å². The van der Waals surface area contributed by atoms with Gasteiger partial charge in [-0.2, -0.15) is 5.10 Å². The number of halogens is 2. The zero-order valence-corrected chi connectivity index (χ0v) is 16.6. The van der Waals surface area contributed by atoms with Gasteiger partial charge >= 0.3 is 0 Å². The van der Waals surface area contributed by atoms with Crippen LogP contribution in [0, 0.1) is 11.6 Å². The first kappa shape index (κ1) is 19.9. The maximum atomic E-state index is 14.6. The summed E-state index contributed by atoms with van der Waals surface area (Å²) >= 11 is 0. The second-order valence-corrected chi connectivity index (χ2v) is 7.10. The Bertz CT molecular complexity index is 1080. The van der Waals surface area contributed by atoms with Crippen molar-refractivity contribution in [3.8, 4) is 0 Å². The number of hydrogen-bond donors (Lipinski definition) is 0. The van der Waals surface area contributed by atoms with Crippen LogP contribution in [0.15, 0.2) is 47.5 Å². The fourth-order valence-corrected chi connectivity index (χ4v) is 3.49. The maximum Gasteiger partial charge on any atom is 0.267 e. The summed E-state index contributed by atoms with van der Waals surface area (Å²) in [5.41, 5.74) is 0.979. The molecule has 4 rings (SSSR count). The molecular weight excluding hydrogens is 390 g/mol. The van der Waals surface area contributed by atoms with E-state index in [0.29, 0.717) is 49.9 Å². The van der Waals surface area contributed by atoms with Gasteiger partial charge in [-0.05, 0) is 30.2 Å². The molecule has 0 radical (unpaired) electrons. The molecule has 0 amide bonds. The van der Waals surface area contributed by atoms with Gasteiger partial charge in [-0.25, -0.2) is 23.4 Å². The first-order chi connectivity index (χ1) is 14.5. The predicted octanol–water partition coefficient (Wildman–Crippen LogP) is 2.25. The lowest BCUT2D eigenvalue weighted by molar-refractivity contribution is 0.562. The number of hydrogen-bond acceptors (Lipinski definition) is 6. The van der Waals surface area contributed by atoms with Crippen LogP contribution in [-0.4, -0.2) is 45.9 Å². The number of nitrogens with zero attached hydrogens (tertiary/aromatic N) is 6. The van der Waals surface area contributed by atoms with Gasteiger partial charge in [-0.15, -0.1) is 0 Å². The highest BCUT2D eigenvalue weighted by molar-refractivity contribution is 5.45. The Morgan fingerprint density at radius 1 is 0.933 bits per heavy atom. The van der Waals surface area contributed by atoms with Crippen LogP contribution in [0.4, 0.5) is 20.4 Å². The largest absolute Gasteiger partial charge is 0.352 e. The third-order valence-electron chi connectivity index (χ3n) is 5.18. The van der Waals surface area contributed by atoms with Gasteiger partial charge in [0.2, 0.25) is 0 Å². The number of rotatable bonds is 5. The zero-order chi connectivity index (χ0) is 21.1. The van der Waals surface area contributed by atoms with E-state index in [2.05, 4.69) is 20.0 Å². The summed E-state index contributed by atoms with van der Waals surface area (Å²) in [4.78, 5) is 24.3. The first-order valence-electron chi connectivity index (χ1n) is 9.87. The third kappa shape index (κ3) is 4.14. The maximum absolute atomic E-state index is 14.6. The highest BCUT2D eigenvalue weighted by Crippen LogP contribution is 2.21. The van der Waals surface area contributed by atoms with Crippen molar-refractivity contribution in [3.63, 3.8) is 0 Å². The molecule has 156 valence electrons. The minimum absolute atomic E-state index is 0.225. The highest BCUT2D eigenvalue weighted by atomic mass is 19.1. The molecule has 1 fully saturated rings. The number of anilines is 2. The Morgan fingerprint density at radius 3 is 2.33 bits per heavy atom. The summed E-state index contributed by atoms with van der Waals surface area (Å²) in [6.07, 6.45) is 1.91. The Balaban J connectivity index is 1.47. The predicted molar refractivity (Wildman–Crippen MR) is 110 cm³/mol. The molecule has 0 bridgehead atoms. The fourth-order valence-electron chi connectivity index (χ4n) is 3.49. The molecule has 30 heavy (non-hydrogen) atoms.